The van der Waals surface area contributed by atoms with Crippen LogP contribution >= 0.6 is 0 Å². The third-order valence-corrected chi connectivity index (χ3v) is 1.90. The maximum absolute atomic E-state index is 13.5. The lowest BCUT2D eigenvalue weighted by molar-refractivity contribution is -0.201. The number of methoxy groups -OCH3 is 1. The van der Waals surface area contributed by atoms with Gasteiger partial charge in [0.05, 0.1) is 19.2 Å². The summed E-state index contributed by atoms with van der Waals surface area (Å²) in [6, 6.07) is 1.16. The summed E-state index contributed by atoms with van der Waals surface area (Å²) in [7, 11) is 1.16. The number of rotatable bonds is 3. The lowest BCUT2D eigenvalue weighted by atomic mass is 10.2. The molecule has 0 unspecified atom stereocenters. The number of alkyl halides is 3. The van der Waals surface area contributed by atoms with Crippen molar-refractivity contribution in [2.24, 2.45) is 0 Å². The van der Waals surface area contributed by atoms with Crippen LogP contribution in [0.25, 0.3) is 0 Å². The van der Waals surface area contributed by atoms with Crippen molar-refractivity contribution in [1.82, 2.24) is 4.98 Å². The lowest BCUT2D eigenvalue weighted by Crippen LogP contribution is -2.28. The van der Waals surface area contributed by atoms with E-state index in [0.717, 1.165) is 19.4 Å². The highest BCUT2D eigenvalue weighted by atomic mass is 19.4. The molecule has 1 heterocycles. The highest BCUT2D eigenvalue weighted by Crippen LogP contribution is 2.20. The zero-order chi connectivity index (χ0) is 14.6. The summed E-state index contributed by atoms with van der Waals surface area (Å²) in [5, 5.41) is 0. The summed E-state index contributed by atoms with van der Waals surface area (Å²) in [6.07, 6.45) is -5.13. The Morgan fingerprint density at radius 3 is 2.53 bits per heavy atom. The fourth-order valence-electron chi connectivity index (χ4n) is 1.08. The van der Waals surface area contributed by atoms with E-state index in [-0.39, 0.29) is 5.75 Å². The highest BCUT2D eigenvalue weighted by Gasteiger charge is 2.42. The van der Waals surface area contributed by atoms with Gasteiger partial charge in [-0.05, 0) is 0 Å². The third kappa shape index (κ3) is 3.90. The van der Waals surface area contributed by atoms with Gasteiger partial charge in [0.15, 0.2) is 11.6 Å². The minimum Gasteiger partial charge on any atom is -0.494 e. The minimum atomic E-state index is -5.30. The second-order valence-electron chi connectivity index (χ2n) is 3.21. The number of ether oxygens (including phenoxy) is 2. The van der Waals surface area contributed by atoms with Crippen molar-refractivity contribution in [3.63, 3.8) is 0 Å². The SMILES string of the molecule is COc1ccnc(CC(=O)OC(=O)C(F)(F)F)c1F. The molecule has 0 bridgehead atoms. The first-order valence-corrected chi connectivity index (χ1v) is 4.75. The van der Waals surface area contributed by atoms with Crippen molar-refractivity contribution < 1.29 is 36.6 Å². The molecule has 1 rings (SSSR count). The van der Waals surface area contributed by atoms with Crippen molar-refractivity contribution >= 4 is 11.9 Å². The molecule has 0 saturated carbocycles. The Bertz CT molecular complexity index is 501. The average Bonchev–Trinajstić information content (AvgIpc) is 2.30. The first kappa shape index (κ1) is 14.9. The van der Waals surface area contributed by atoms with Crippen LogP contribution in [0.4, 0.5) is 17.6 Å². The molecule has 0 aliphatic heterocycles. The van der Waals surface area contributed by atoms with Crippen molar-refractivity contribution in [3.8, 4) is 5.75 Å². The zero-order valence-electron chi connectivity index (χ0n) is 9.45. The van der Waals surface area contributed by atoms with Gasteiger partial charge in [-0.2, -0.15) is 13.2 Å². The number of esters is 2. The molecule has 9 heteroatoms. The van der Waals surface area contributed by atoms with Crippen LogP contribution in [0.3, 0.4) is 0 Å². The van der Waals surface area contributed by atoms with Crippen molar-refractivity contribution in [3.05, 3.63) is 23.8 Å². The first-order chi connectivity index (χ1) is 8.75. The van der Waals surface area contributed by atoms with Gasteiger partial charge in [0.25, 0.3) is 0 Å². The second kappa shape index (κ2) is 5.63. The average molecular weight is 281 g/mol. The van der Waals surface area contributed by atoms with Crippen molar-refractivity contribution in [2.45, 2.75) is 12.6 Å². The molecule has 0 amide bonds. The number of hydrogen-bond donors (Lipinski definition) is 0. The van der Waals surface area contributed by atoms with E-state index in [1.54, 1.807) is 0 Å². The van der Waals surface area contributed by atoms with Gasteiger partial charge >= 0.3 is 18.1 Å². The maximum Gasteiger partial charge on any atom is 0.491 e. The number of nitrogens with zero attached hydrogens (tertiary/aromatic N) is 1. The molecule has 1 aromatic rings. The Kier molecular flexibility index (Phi) is 4.41. The molecule has 0 aliphatic rings. The fraction of sp³-hybridized carbons (Fsp3) is 0.300. The first-order valence-electron chi connectivity index (χ1n) is 4.75. The highest BCUT2D eigenvalue weighted by molar-refractivity contribution is 5.89. The number of halogens is 4. The van der Waals surface area contributed by atoms with E-state index in [1.807, 2.05) is 0 Å². The Hall–Kier alpha value is -2.19. The predicted molar refractivity (Wildman–Crippen MR) is 51.6 cm³/mol. The number of hydrogen-bond acceptors (Lipinski definition) is 5. The van der Waals surface area contributed by atoms with Crippen LogP contribution in [-0.2, 0) is 20.7 Å². The third-order valence-electron chi connectivity index (χ3n) is 1.90. The fourth-order valence-corrected chi connectivity index (χ4v) is 1.08. The standard InChI is InChI=1S/C10H7F4NO4/c1-18-6-2-3-15-5(8(6)11)4-7(16)19-9(17)10(12,13)14/h2-3H,4H2,1H3. The summed E-state index contributed by atoms with van der Waals surface area (Å²) < 4.78 is 57.0. The van der Waals surface area contributed by atoms with Crippen molar-refractivity contribution in [2.75, 3.05) is 7.11 Å². The number of carbonyl (C=O) groups excluding carboxylic acids is 2. The molecular weight excluding hydrogens is 274 g/mol. The molecule has 0 aliphatic carbocycles. The van der Waals surface area contributed by atoms with Crippen molar-refractivity contribution in [1.29, 1.82) is 0 Å². The van der Waals surface area contributed by atoms with E-state index >= 15 is 0 Å². The maximum atomic E-state index is 13.5. The Morgan fingerprint density at radius 1 is 1.37 bits per heavy atom. The van der Waals surface area contributed by atoms with Gasteiger partial charge in [-0.3, -0.25) is 9.78 Å². The molecule has 5 nitrogen and oxygen atoms in total. The predicted octanol–water partition coefficient (Wildman–Crippen LogP) is 1.40. The van der Waals surface area contributed by atoms with Crippen LogP contribution in [0.5, 0.6) is 5.75 Å². The lowest BCUT2D eigenvalue weighted by Gasteiger charge is -2.07. The molecule has 0 spiro atoms. The molecule has 1 aromatic heterocycles. The normalized spacial score (nSPS) is 11.0. The summed E-state index contributed by atoms with van der Waals surface area (Å²) in [5.74, 6) is -5.48. The molecule has 0 aromatic carbocycles. The molecule has 0 fully saturated rings. The van der Waals surface area contributed by atoms with E-state index in [1.165, 1.54) is 0 Å². The van der Waals surface area contributed by atoms with E-state index in [0.29, 0.717) is 0 Å². The second-order valence-corrected chi connectivity index (χ2v) is 3.21. The molecular formula is C10H7F4NO4. The Balaban J connectivity index is 2.76. The minimum absolute atomic E-state index is 0.236. The van der Waals surface area contributed by atoms with E-state index in [2.05, 4.69) is 14.5 Å². The van der Waals surface area contributed by atoms with Gasteiger partial charge in [0.2, 0.25) is 0 Å². The molecule has 0 radical (unpaired) electrons. The van der Waals surface area contributed by atoms with Crippen LogP contribution in [0, 0.1) is 5.82 Å². The van der Waals surface area contributed by atoms with Gasteiger partial charge in [-0.15, -0.1) is 0 Å². The van der Waals surface area contributed by atoms with Crippen LogP contribution in [0.1, 0.15) is 5.69 Å². The molecule has 0 saturated heterocycles. The van der Waals surface area contributed by atoms with Crippen LogP contribution in [-0.4, -0.2) is 30.2 Å². The van der Waals surface area contributed by atoms with Crippen LogP contribution in [0.15, 0.2) is 12.3 Å². The van der Waals surface area contributed by atoms with E-state index in [9.17, 15) is 27.2 Å². The summed E-state index contributed by atoms with van der Waals surface area (Å²) >= 11 is 0. The Labute approximate surface area is 104 Å². The summed E-state index contributed by atoms with van der Waals surface area (Å²) in [6.45, 7) is 0. The number of carbonyl (C=O) groups is 2. The molecule has 19 heavy (non-hydrogen) atoms. The smallest absolute Gasteiger partial charge is 0.491 e. The largest absolute Gasteiger partial charge is 0.494 e. The quantitative estimate of drug-likeness (QED) is 0.476. The van der Waals surface area contributed by atoms with Crippen LogP contribution in [0.2, 0.25) is 0 Å². The molecule has 104 valence electrons. The number of aromatic nitrogens is 1. The van der Waals surface area contributed by atoms with Crippen LogP contribution < -0.4 is 4.74 Å². The van der Waals surface area contributed by atoms with Gasteiger partial charge in [0.1, 0.15) is 0 Å². The molecule has 0 N–H and O–H groups in total. The van der Waals surface area contributed by atoms with Gasteiger partial charge in [-0.25, -0.2) is 9.18 Å². The monoisotopic (exact) mass is 281 g/mol. The Morgan fingerprint density at radius 2 is 2.00 bits per heavy atom. The van der Waals surface area contributed by atoms with Gasteiger partial charge in [-0.1, -0.05) is 0 Å². The number of pyridine rings is 1. The summed E-state index contributed by atoms with van der Waals surface area (Å²) in [5.41, 5.74) is -0.487. The molecule has 0 atom stereocenters. The summed E-state index contributed by atoms with van der Waals surface area (Å²) in [4.78, 5) is 24.8. The topological polar surface area (TPSA) is 65.5 Å². The van der Waals surface area contributed by atoms with Gasteiger partial charge in [0, 0.05) is 12.3 Å². The zero-order valence-corrected chi connectivity index (χ0v) is 9.45. The van der Waals surface area contributed by atoms with E-state index < -0.39 is 36.0 Å². The van der Waals surface area contributed by atoms with Gasteiger partial charge < -0.3 is 9.47 Å². The van der Waals surface area contributed by atoms with E-state index in [4.69, 9.17) is 0 Å².